The summed E-state index contributed by atoms with van der Waals surface area (Å²) in [6, 6.07) is 5.71. The highest BCUT2D eigenvalue weighted by atomic mass is 19.1. The molecule has 17 heavy (non-hydrogen) atoms. The average Bonchev–Trinajstić information content (AvgIpc) is 2.72. The minimum Gasteiger partial charge on any atom is -0.543 e. The minimum atomic E-state index is -1.40. The lowest BCUT2D eigenvalue weighted by Gasteiger charge is -2.01. The first-order valence-corrected chi connectivity index (χ1v) is 5.09. The van der Waals surface area contributed by atoms with Crippen LogP contribution in [0.25, 0.3) is 11.3 Å². The van der Waals surface area contributed by atoms with Crippen LogP contribution in [-0.4, -0.2) is 11.1 Å². The second-order valence-corrected chi connectivity index (χ2v) is 3.49. The van der Waals surface area contributed by atoms with Gasteiger partial charge in [0.15, 0.2) is 5.76 Å². The van der Waals surface area contributed by atoms with E-state index in [2.05, 4.69) is 5.16 Å². The van der Waals surface area contributed by atoms with Crippen LogP contribution in [0.15, 0.2) is 28.8 Å². The van der Waals surface area contributed by atoms with Gasteiger partial charge in [-0.3, -0.25) is 0 Å². The zero-order valence-electron chi connectivity index (χ0n) is 9.07. The van der Waals surface area contributed by atoms with E-state index >= 15 is 0 Å². The average molecular weight is 234 g/mol. The molecule has 0 saturated carbocycles. The van der Waals surface area contributed by atoms with Gasteiger partial charge in [0, 0.05) is 11.1 Å². The number of hydrogen-bond acceptors (Lipinski definition) is 4. The molecule has 0 aliphatic carbocycles. The van der Waals surface area contributed by atoms with E-state index in [1.807, 2.05) is 0 Å². The van der Waals surface area contributed by atoms with Crippen molar-refractivity contribution in [3.8, 4) is 11.3 Å². The van der Waals surface area contributed by atoms with E-state index in [1.165, 1.54) is 18.2 Å². The maximum atomic E-state index is 13.1. The lowest BCUT2D eigenvalue weighted by atomic mass is 10.0. The molecule has 5 heteroatoms. The zero-order valence-corrected chi connectivity index (χ0v) is 9.07. The largest absolute Gasteiger partial charge is 0.543 e. The molecule has 1 aromatic carbocycles. The summed E-state index contributed by atoms with van der Waals surface area (Å²) >= 11 is 0. The monoisotopic (exact) mass is 234 g/mol. The van der Waals surface area contributed by atoms with Gasteiger partial charge in [-0.05, 0) is 18.6 Å². The van der Waals surface area contributed by atoms with Gasteiger partial charge in [-0.15, -0.1) is 0 Å². The molecule has 0 bridgehead atoms. The van der Waals surface area contributed by atoms with Gasteiger partial charge in [0.05, 0.1) is 5.97 Å². The van der Waals surface area contributed by atoms with Crippen molar-refractivity contribution in [1.29, 1.82) is 0 Å². The van der Waals surface area contributed by atoms with Crippen molar-refractivity contribution < 1.29 is 18.8 Å². The smallest absolute Gasteiger partial charge is 0.170 e. The Morgan fingerprint density at radius 1 is 1.53 bits per heavy atom. The maximum absolute atomic E-state index is 13.1. The van der Waals surface area contributed by atoms with Crippen molar-refractivity contribution in [1.82, 2.24) is 5.16 Å². The molecule has 0 spiro atoms. The Bertz CT molecular complexity index is 563. The Kier molecular flexibility index (Phi) is 2.91. The minimum absolute atomic E-state index is 0.230. The van der Waals surface area contributed by atoms with Crippen molar-refractivity contribution in [3.05, 3.63) is 41.3 Å². The van der Waals surface area contributed by atoms with Gasteiger partial charge in [-0.2, -0.15) is 0 Å². The van der Waals surface area contributed by atoms with Crippen molar-refractivity contribution in [2.75, 3.05) is 0 Å². The van der Waals surface area contributed by atoms with Crippen molar-refractivity contribution in [3.63, 3.8) is 0 Å². The number of carbonyl (C=O) groups is 1. The van der Waals surface area contributed by atoms with Crippen LogP contribution in [0, 0.1) is 5.82 Å². The van der Waals surface area contributed by atoms with Crippen molar-refractivity contribution >= 4 is 5.97 Å². The van der Waals surface area contributed by atoms with Gasteiger partial charge in [0.1, 0.15) is 11.5 Å². The number of hydrogen-bond donors (Lipinski definition) is 0. The molecule has 1 heterocycles. The quantitative estimate of drug-likeness (QED) is 0.805. The van der Waals surface area contributed by atoms with Gasteiger partial charge in [-0.25, -0.2) is 4.39 Å². The van der Waals surface area contributed by atoms with Crippen LogP contribution in [0.4, 0.5) is 4.39 Å². The Morgan fingerprint density at radius 2 is 2.29 bits per heavy atom. The van der Waals surface area contributed by atoms with Crippen LogP contribution in [0.2, 0.25) is 0 Å². The van der Waals surface area contributed by atoms with Gasteiger partial charge in [0.2, 0.25) is 0 Å². The molecule has 0 aliphatic rings. The summed E-state index contributed by atoms with van der Waals surface area (Å²) in [7, 11) is 0. The number of nitrogens with zero attached hydrogens (tertiary/aromatic N) is 1. The van der Waals surface area contributed by atoms with Crippen LogP contribution in [-0.2, 0) is 6.42 Å². The van der Waals surface area contributed by atoms with E-state index in [1.54, 1.807) is 13.0 Å². The van der Waals surface area contributed by atoms with Gasteiger partial charge < -0.3 is 14.4 Å². The first-order valence-electron chi connectivity index (χ1n) is 5.09. The molecular formula is C12H9FNO3-. The predicted octanol–water partition coefficient (Wildman–Crippen LogP) is 1.41. The molecule has 2 aromatic rings. The summed E-state index contributed by atoms with van der Waals surface area (Å²) in [5.41, 5.74) is 0.643. The number of halogens is 1. The van der Waals surface area contributed by atoms with E-state index in [0.29, 0.717) is 17.5 Å². The third-order valence-electron chi connectivity index (χ3n) is 2.42. The number of carboxylic acids is 1. The maximum Gasteiger partial charge on any atom is 0.170 e. The van der Waals surface area contributed by atoms with Crippen LogP contribution in [0.3, 0.4) is 0 Å². The van der Waals surface area contributed by atoms with E-state index in [-0.39, 0.29) is 11.5 Å². The van der Waals surface area contributed by atoms with E-state index in [4.69, 9.17) is 4.52 Å². The molecule has 1 aromatic heterocycles. The Balaban J connectivity index is 2.56. The lowest BCUT2D eigenvalue weighted by Crippen LogP contribution is -2.23. The number of carbonyl (C=O) groups excluding carboxylic acids is 1. The molecule has 4 nitrogen and oxygen atoms in total. The van der Waals surface area contributed by atoms with Gasteiger partial charge in [-0.1, -0.05) is 24.2 Å². The highest BCUT2D eigenvalue weighted by Crippen LogP contribution is 2.27. The van der Waals surface area contributed by atoms with Crippen molar-refractivity contribution in [2.24, 2.45) is 0 Å². The van der Waals surface area contributed by atoms with Crippen LogP contribution < -0.4 is 5.11 Å². The van der Waals surface area contributed by atoms with Crippen LogP contribution >= 0.6 is 0 Å². The molecule has 0 saturated heterocycles. The molecule has 0 aliphatic heterocycles. The van der Waals surface area contributed by atoms with Gasteiger partial charge >= 0.3 is 0 Å². The fraction of sp³-hybridized carbons (Fsp3) is 0.167. The topological polar surface area (TPSA) is 66.2 Å². The second-order valence-electron chi connectivity index (χ2n) is 3.49. The second kappa shape index (κ2) is 4.37. The summed E-state index contributed by atoms with van der Waals surface area (Å²) in [5.74, 6) is -1.55. The summed E-state index contributed by atoms with van der Waals surface area (Å²) in [4.78, 5) is 10.8. The summed E-state index contributed by atoms with van der Waals surface area (Å²) in [6.07, 6.45) is 0.415. The summed E-state index contributed by atoms with van der Waals surface area (Å²) in [6.45, 7) is 1.77. The highest BCUT2D eigenvalue weighted by molar-refractivity contribution is 5.87. The summed E-state index contributed by atoms with van der Waals surface area (Å²) in [5, 5.41) is 14.2. The fourth-order valence-corrected chi connectivity index (χ4v) is 1.65. The fourth-order valence-electron chi connectivity index (χ4n) is 1.65. The van der Waals surface area contributed by atoms with E-state index in [9.17, 15) is 14.3 Å². The molecule has 0 amide bonds. The number of aromatic nitrogens is 1. The molecule has 0 atom stereocenters. The van der Waals surface area contributed by atoms with E-state index in [0.717, 1.165) is 0 Å². The predicted molar refractivity (Wildman–Crippen MR) is 55.6 cm³/mol. The normalized spacial score (nSPS) is 10.5. The molecule has 0 N–H and O–H groups in total. The molecule has 0 unspecified atom stereocenters. The molecular weight excluding hydrogens is 225 g/mol. The van der Waals surface area contributed by atoms with Crippen LogP contribution in [0.1, 0.15) is 23.0 Å². The van der Waals surface area contributed by atoms with Crippen LogP contribution in [0.5, 0.6) is 0 Å². The van der Waals surface area contributed by atoms with Gasteiger partial charge in [0.25, 0.3) is 0 Å². The molecule has 2 rings (SSSR count). The van der Waals surface area contributed by atoms with Crippen molar-refractivity contribution in [2.45, 2.75) is 13.3 Å². The van der Waals surface area contributed by atoms with E-state index < -0.39 is 11.8 Å². The number of aromatic carboxylic acids is 1. The third kappa shape index (κ3) is 2.04. The summed E-state index contributed by atoms with van der Waals surface area (Å²) < 4.78 is 18.0. The highest BCUT2D eigenvalue weighted by Gasteiger charge is 2.16. The zero-order chi connectivity index (χ0) is 12.4. The molecule has 88 valence electrons. The third-order valence-corrected chi connectivity index (χ3v) is 2.42. The first kappa shape index (κ1) is 11.3. The number of benzene rings is 1. The molecule has 0 radical (unpaired) electrons. The Hall–Kier alpha value is -2.17. The Morgan fingerprint density at radius 3 is 2.88 bits per heavy atom. The number of carboxylic acid groups (broad SMARTS) is 1. The Labute approximate surface area is 96.7 Å². The first-order chi connectivity index (χ1) is 8.13. The number of rotatable bonds is 3. The SMILES string of the molecule is CCc1c(C(=O)[O-])noc1-c1cccc(F)c1. The standard InChI is InChI=1S/C12H10FNO3/c1-2-9-10(12(15)16)14-17-11(9)7-4-3-5-8(13)6-7/h3-6H,2H2,1H3,(H,15,16)/p-1. The lowest BCUT2D eigenvalue weighted by molar-refractivity contribution is -0.255. The molecule has 0 fully saturated rings.